The molecule has 2 unspecified atom stereocenters. The number of carbonyl (C=O) groups is 3. The van der Waals surface area contributed by atoms with Gasteiger partial charge in [-0.2, -0.15) is 10.2 Å². The number of aryl methyl sites for hydroxylation is 1. The summed E-state index contributed by atoms with van der Waals surface area (Å²) in [5.74, 6) is -0.466. The van der Waals surface area contributed by atoms with E-state index in [0.29, 0.717) is 40.7 Å². The van der Waals surface area contributed by atoms with Gasteiger partial charge in [0.1, 0.15) is 36.7 Å². The molecule has 0 saturated heterocycles. The molecule has 0 bridgehead atoms. The van der Waals surface area contributed by atoms with E-state index < -0.39 is 23.4 Å². The standard InChI is InChI=1S/C30H32FN7O3.C6H5F.C3H7NO2.C2H6.CH2O/c1-18-5-3-4-6-22(12-7-18)41-30(40)35-21-10-8-19(9-11-21)16-38-29(39)23-13-20(31)14-25-26(23)27(36-38)24(15-32-25)28-33-17-34-37(28)2;7-6-4-2-1-3-5-6;1-4-2-3(5)6;2*1-2/h4,6,8-11,13-14,17-18,22,24,32H,3,5,7,12,15-16H2,1-2H3,(H,35,40);1-5H;4H,2H2,1H3,(H,5,6);1-2H3;1H2/b6-4+;;;;/t18?,22-,24?;;;;/m0..../s1. The number of benzene rings is 3. The second kappa shape index (κ2) is 23.7. The van der Waals surface area contributed by atoms with Crippen LogP contribution in [-0.2, 0) is 27.9 Å². The third kappa shape index (κ3) is 13.4. The molecule has 16 heteroatoms. The van der Waals surface area contributed by atoms with Crippen molar-refractivity contribution in [3.05, 3.63) is 124 Å². The Kier molecular flexibility index (Phi) is 18.8. The van der Waals surface area contributed by atoms with Crippen LogP contribution in [0.4, 0.5) is 25.0 Å². The number of anilines is 2. The third-order valence-electron chi connectivity index (χ3n) is 8.91. The van der Waals surface area contributed by atoms with Crippen LogP contribution in [0.5, 0.6) is 0 Å². The quantitative estimate of drug-likeness (QED) is 0.126. The SMILES string of the molecule is C=O.CC.CC1CC/C=C/[C@H](OC(=O)Nc2ccc(Cn3nc4c5c(cc(F)cc5c3=O)NCC4c3ncnn3C)cc2)CC1.CNCC(=O)O.Fc1ccccc1. The van der Waals surface area contributed by atoms with Crippen LogP contribution in [0, 0.1) is 17.6 Å². The number of hydrogen-bond donors (Lipinski definition) is 4. The van der Waals surface area contributed by atoms with Gasteiger partial charge in [0.2, 0.25) is 0 Å². The van der Waals surface area contributed by atoms with E-state index in [0.717, 1.165) is 31.2 Å². The van der Waals surface area contributed by atoms with E-state index >= 15 is 0 Å². The van der Waals surface area contributed by atoms with Gasteiger partial charge in [0.15, 0.2) is 0 Å². The number of carboxylic acid groups (broad SMARTS) is 1. The van der Waals surface area contributed by atoms with Gasteiger partial charge in [-0.15, -0.1) is 0 Å². The Hall–Kier alpha value is -6.29. The number of nitrogens with zero attached hydrogens (tertiary/aromatic N) is 5. The maximum absolute atomic E-state index is 14.5. The highest BCUT2D eigenvalue weighted by molar-refractivity contribution is 5.97. The molecule has 2 aliphatic rings. The van der Waals surface area contributed by atoms with Gasteiger partial charge in [-0.25, -0.2) is 23.2 Å². The van der Waals surface area contributed by atoms with Crippen molar-refractivity contribution >= 4 is 41.0 Å². The molecule has 7 rings (SSSR count). The van der Waals surface area contributed by atoms with E-state index in [-0.39, 0.29) is 36.3 Å². The van der Waals surface area contributed by atoms with Crippen molar-refractivity contribution in [1.82, 2.24) is 29.9 Å². The summed E-state index contributed by atoms with van der Waals surface area (Å²) in [6.45, 7) is 8.87. The van der Waals surface area contributed by atoms with Crippen molar-refractivity contribution in [1.29, 1.82) is 0 Å². The van der Waals surface area contributed by atoms with Crippen molar-refractivity contribution in [3.63, 3.8) is 0 Å². The number of allylic oxidation sites excluding steroid dienone is 1. The fourth-order valence-corrected chi connectivity index (χ4v) is 6.18. The fourth-order valence-electron chi connectivity index (χ4n) is 6.18. The topological polar surface area (TPSA) is 182 Å². The molecule has 3 heterocycles. The highest BCUT2D eigenvalue weighted by atomic mass is 19.1. The summed E-state index contributed by atoms with van der Waals surface area (Å²) < 4.78 is 35.0. The Morgan fingerprint density at radius 1 is 1.02 bits per heavy atom. The van der Waals surface area contributed by atoms with Crippen LogP contribution in [0.1, 0.15) is 69.5 Å². The Bertz CT molecular complexity index is 2140. The van der Waals surface area contributed by atoms with Gasteiger partial charge < -0.3 is 25.3 Å². The molecule has 1 aliphatic heterocycles. The average molecular weight is 803 g/mol. The largest absolute Gasteiger partial charge is 0.480 e. The van der Waals surface area contributed by atoms with Crippen LogP contribution in [0.25, 0.3) is 10.8 Å². The summed E-state index contributed by atoms with van der Waals surface area (Å²) in [7, 11) is 3.39. The first-order chi connectivity index (χ1) is 28.0. The van der Waals surface area contributed by atoms with Gasteiger partial charge in [-0.1, -0.05) is 57.2 Å². The molecular formula is C42H52F2N8O6. The number of halogens is 2. The number of aliphatic carboxylic acids is 1. The maximum atomic E-state index is 14.5. The molecule has 0 radical (unpaired) electrons. The predicted molar refractivity (Wildman–Crippen MR) is 220 cm³/mol. The van der Waals surface area contributed by atoms with Crippen molar-refractivity contribution in [2.45, 2.75) is 65.0 Å². The first-order valence-electron chi connectivity index (χ1n) is 18.9. The second-order valence-corrected chi connectivity index (χ2v) is 13.1. The van der Waals surface area contributed by atoms with Crippen LogP contribution >= 0.6 is 0 Å². The smallest absolute Gasteiger partial charge is 0.412 e. The molecule has 1 amide bonds. The summed E-state index contributed by atoms with van der Waals surface area (Å²) in [4.78, 5) is 47.9. The summed E-state index contributed by atoms with van der Waals surface area (Å²) in [5, 5.41) is 26.1. The summed E-state index contributed by atoms with van der Waals surface area (Å²) in [6, 6.07) is 17.7. The molecule has 310 valence electrons. The lowest BCUT2D eigenvalue weighted by atomic mass is 9.94. The highest BCUT2D eigenvalue weighted by Gasteiger charge is 2.30. The van der Waals surface area contributed by atoms with E-state index in [4.69, 9.17) is 19.7 Å². The van der Waals surface area contributed by atoms with E-state index in [1.54, 1.807) is 49.1 Å². The molecule has 0 fully saturated rings. The van der Waals surface area contributed by atoms with E-state index in [9.17, 15) is 23.2 Å². The van der Waals surface area contributed by atoms with Crippen LogP contribution in [0.3, 0.4) is 0 Å². The Morgan fingerprint density at radius 3 is 2.31 bits per heavy atom. The molecule has 5 aromatic rings. The number of rotatable bonds is 7. The number of likely N-dealkylation sites (N-methyl/N-ethyl adjacent to an activating group) is 1. The second-order valence-electron chi connectivity index (χ2n) is 13.1. The Morgan fingerprint density at radius 2 is 1.72 bits per heavy atom. The first kappa shape index (κ1) is 46.1. The molecule has 0 saturated carbocycles. The lowest BCUT2D eigenvalue weighted by Crippen LogP contribution is -2.31. The van der Waals surface area contributed by atoms with Gasteiger partial charge >= 0.3 is 12.1 Å². The maximum Gasteiger partial charge on any atom is 0.412 e. The number of amides is 1. The number of ether oxygens (including phenoxy) is 1. The van der Waals surface area contributed by atoms with Gasteiger partial charge in [0.05, 0.1) is 30.1 Å². The molecule has 14 nitrogen and oxygen atoms in total. The van der Waals surface area contributed by atoms with Gasteiger partial charge in [0.25, 0.3) is 5.56 Å². The molecule has 3 aromatic carbocycles. The third-order valence-corrected chi connectivity index (χ3v) is 8.91. The minimum absolute atomic E-state index is 0.0417. The Balaban J connectivity index is 0.000000446. The van der Waals surface area contributed by atoms with E-state index in [2.05, 4.69) is 39.0 Å². The lowest BCUT2D eigenvalue weighted by Gasteiger charge is -2.26. The van der Waals surface area contributed by atoms with Crippen molar-refractivity contribution in [2.24, 2.45) is 13.0 Å². The van der Waals surface area contributed by atoms with E-state index in [1.807, 2.05) is 38.8 Å². The minimum atomic E-state index is -0.822. The predicted octanol–water partition coefficient (Wildman–Crippen LogP) is 6.91. The van der Waals surface area contributed by atoms with Gasteiger partial charge in [0, 0.05) is 30.4 Å². The number of nitrogens with one attached hydrogen (secondary N) is 3. The molecule has 4 N–H and O–H groups in total. The molecular weight excluding hydrogens is 751 g/mol. The monoisotopic (exact) mass is 802 g/mol. The van der Waals surface area contributed by atoms with Crippen molar-refractivity contribution in [2.75, 3.05) is 30.8 Å². The van der Waals surface area contributed by atoms with Gasteiger partial charge in [-0.3, -0.25) is 19.6 Å². The normalized spacial score (nSPS) is 16.9. The van der Waals surface area contributed by atoms with Crippen LogP contribution in [0.15, 0.2) is 90.0 Å². The zero-order valence-corrected chi connectivity index (χ0v) is 33.5. The molecule has 2 aromatic heterocycles. The van der Waals surface area contributed by atoms with Crippen molar-refractivity contribution < 1.29 is 33.0 Å². The average Bonchev–Trinajstić information content (AvgIpc) is 3.64. The summed E-state index contributed by atoms with van der Waals surface area (Å²) in [6.07, 6.45) is 8.75. The number of carbonyl (C=O) groups excluding carboxylic acids is 2. The van der Waals surface area contributed by atoms with E-state index in [1.165, 1.54) is 35.3 Å². The fraction of sp³-hybridized carbons (Fsp3) is 0.357. The minimum Gasteiger partial charge on any atom is -0.480 e. The molecule has 3 atom stereocenters. The van der Waals surface area contributed by atoms with Crippen molar-refractivity contribution in [3.8, 4) is 0 Å². The lowest BCUT2D eigenvalue weighted by molar-refractivity contribution is -0.135. The zero-order chi connectivity index (χ0) is 42.6. The number of carboxylic acids is 1. The molecule has 0 spiro atoms. The summed E-state index contributed by atoms with van der Waals surface area (Å²) >= 11 is 0. The number of aromatic nitrogens is 5. The van der Waals surface area contributed by atoms with Crippen LogP contribution in [-0.4, -0.2) is 74.7 Å². The first-order valence-corrected chi connectivity index (χ1v) is 18.9. The number of hydrogen-bond acceptors (Lipinski definition) is 10. The van der Waals surface area contributed by atoms with Crippen LogP contribution < -0.4 is 21.5 Å². The zero-order valence-electron chi connectivity index (χ0n) is 33.5. The van der Waals surface area contributed by atoms with Gasteiger partial charge in [-0.05, 0) is 86.7 Å². The van der Waals surface area contributed by atoms with Crippen LogP contribution in [0.2, 0.25) is 0 Å². The highest BCUT2D eigenvalue weighted by Crippen LogP contribution is 2.36. The summed E-state index contributed by atoms with van der Waals surface area (Å²) in [5.41, 5.74) is 2.16. The molecule has 1 aliphatic carbocycles. The Labute approximate surface area is 336 Å². The molecule has 58 heavy (non-hydrogen) atoms.